The van der Waals surface area contributed by atoms with Gasteiger partial charge in [0.25, 0.3) is 0 Å². The number of aliphatic imine (C=N–C) groups is 2. The molecule has 0 aliphatic carbocycles. The summed E-state index contributed by atoms with van der Waals surface area (Å²) in [6.07, 6.45) is 3.21. The molecule has 0 bridgehead atoms. The zero-order valence-corrected chi connectivity index (χ0v) is 28.1. The maximum absolute atomic E-state index is 5.15. The molecule has 0 spiro atoms. The van der Waals surface area contributed by atoms with Crippen molar-refractivity contribution in [1.82, 2.24) is 15.3 Å². The Morgan fingerprint density at radius 2 is 1.15 bits per heavy atom. The molecule has 5 nitrogen and oxygen atoms in total. The smallest absolute Gasteiger partial charge is 0.169 e. The molecular formula is C47H31N5. The number of aromatic nitrogens is 2. The van der Waals surface area contributed by atoms with Gasteiger partial charge in [-0.15, -0.1) is 0 Å². The average Bonchev–Trinajstić information content (AvgIpc) is 3.24. The van der Waals surface area contributed by atoms with Gasteiger partial charge in [-0.2, -0.15) is 0 Å². The van der Waals surface area contributed by atoms with Crippen LogP contribution in [0, 0.1) is 12.1 Å². The summed E-state index contributed by atoms with van der Waals surface area (Å²) in [6, 6.07) is 62.4. The van der Waals surface area contributed by atoms with Crippen molar-refractivity contribution in [1.29, 1.82) is 0 Å². The maximum atomic E-state index is 5.15. The molecule has 1 aliphatic rings. The van der Waals surface area contributed by atoms with Gasteiger partial charge in [0.1, 0.15) is 11.7 Å². The van der Waals surface area contributed by atoms with Crippen molar-refractivity contribution in [2.24, 2.45) is 9.98 Å². The summed E-state index contributed by atoms with van der Waals surface area (Å²) in [7, 11) is 0. The van der Waals surface area contributed by atoms with Crippen LogP contribution in [0.15, 0.2) is 186 Å². The molecule has 1 atom stereocenters. The van der Waals surface area contributed by atoms with Crippen LogP contribution >= 0.6 is 0 Å². The van der Waals surface area contributed by atoms with Crippen LogP contribution in [0.25, 0.3) is 55.5 Å². The van der Waals surface area contributed by atoms with E-state index in [-0.39, 0.29) is 0 Å². The number of nitrogens with one attached hydrogen (secondary N) is 1. The lowest BCUT2D eigenvalue weighted by Crippen LogP contribution is -2.35. The summed E-state index contributed by atoms with van der Waals surface area (Å²) in [5.74, 6) is 1.52. The van der Waals surface area contributed by atoms with Crippen LogP contribution in [0.5, 0.6) is 0 Å². The molecule has 0 radical (unpaired) electrons. The van der Waals surface area contributed by atoms with E-state index in [9.17, 15) is 0 Å². The van der Waals surface area contributed by atoms with E-state index in [1.807, 2.05) is 73.1 Å². The summed E-state index contributed by atoms with van der Waals surface area (Å²) in [6.45, 7) is 0. The minimum Gasteiger partial charge on any atom is -0.324 e. The molecule has 8 aromatic rings. The summed E-state index contributed by atoms with van der Waals surface area (Å²) in [4.78, 5) is 19.7. The molecular weight excluding hydrogens is 635 g/mol. The Labute approximate surface area is 302 Å². The molecule has 244 valence electrons. The van der Waals surface area contributed by atoms with Crippen molar-refractivity contribution >= 4 is 22.4 Å². The highest BCUT2D eigenvalue weighted by Gasteiger charge is 2.22. The van der Waals surface area contributed by atoms with E-state index in [0.717, 1.165) is 73.1 Å². The highest BCUT2D eigenvalue weighted by molar-refractivity contribution is 6.16. The first kappa shape index (κ1) is 30.9. The normalized spacial score (nSPS) is 12.8. The van der Waals surface area contributed by atoms with Crippen molar-refractivity contribution in [2.75, 3.05) is 0 Å². The molecule has 1 aliphatic heterocycles. The van der Waals surface area contributed by atoms with E-state index >= 15 is 0 Å². The number of pyridine rings is 2. The number of fused-ring (bicyclic) bond motifs is 1. The first-order valence-electron chi connectivity index (χ1n) is 17.2. The molecule has 9 rings (SSSR count). The van der Waals surface area contributed by atoms with Crippen molar-refractivity contribution in [2.45, 2.75) is 6.17 Å². The summed E-state index contributed by atoms with van der Waals surface area (Å²) in [5.41, 5.74) is 11.2. The minimum absolute atomic E-state index is 0.461. The minimum atomic E-state index is -0.461. The molecule has 52 heavy (non-hydrogen) atoms. The molecule has 0 amide bonds. The fourth-order valence-electron chi connectivity index (χ4n) is 6.81. The molecule has 3 heterocycles. The number of amidine groups is 2. The molecule has 0 saturated carbocycles. The second-order valence-electron chi connectivity index (χ2n) is 12.6. The molecule has 0 fully saturated rings. The monoisotopic (exact) mass is 665 g/mol. The third-order valence-corrected chi connectivity index (χ3v) is 9.29. The summed E-state index contributed by atoms with van der Waals surface area (Å²) < 4.78 is 0. The first-order valence-corrected chi connectivity index (χ1v) is 17.2. The molecule has 0 unspecified atom stereocenters. The zero-order valence-electron chi connectivity index (χ0n) is 28.1. The Kier molecular flexibility index (Phi) is 8.09. The van der Waals surface area contributed by atoms with Gasteiger partial charge >= 0.3 is 0 Å². The van der Waals surface area contributed by atoms with Crippen LogP contribution in [-0.2, 0) is 0 Å². The first-order chi connectivity index (χ1) is 25.8. The van der Waals surface area contributed by atoms with Gasteiger partial charge in [-0.3, -0.25) is 9.97 Å². The van der Waals surface area contributed by atoms with Crippen molar-refractivity contribution in [3.63, 3.8) is 0 Å². The van der Waals surface area contributed by atoms with Crippen LogP contribution in [0.1, 0.15) is 22.9 Å². The third-order valence-electron chi connectivity index (χ3n) is 9.29. The SMILES string of the molecule is c1ccc(C2=N[C@@H](c3cccc(-c4c(-c5cc(-c6ccccn6)cc(-c6ccccn6)c5)ccc5ccccc45)c3)N=C(c3ccccc3)N2)cc#1. The van der Waals surface area contributed by atoms with Crippen LogP contribution in [-0.4, -0.2) is 21.6 Å². The van der Waals surface area contributed by atoms with E-state index in [1.165, 1.54) is 10.8 Å². The topological polar surface area (TPSA) is 62.5 Å². The lowest BCUT2D eigenvalue weighted by molar-refractivity contribution is 0.756. The molecule has 5 heteroatoms. The predicted octanol–water partition coefficient (Wildman–Crippen LogP) is 10.4. The van der Waals surface area contributed by atoms with Crippen molar-refractivity contribution in [3.8, 4) is 44.8 Å². The van der Waals surface area contributed by atoms with Crippen LogP contribution < -0.4 is 5.32 Å². The van der Waals surface area contributed by atoms with Gasteiger partial charge in [0.2, 0.25) is 0 Å². The Morgan fingerprint density at radius 3 is 1.87 bits per heavy atom. The van der Waals surface area contributed by atoms with Gasteiger partial charge in [0.05, 0.1) is 11.4 Å². The second-order valence-corrected chi connectivity index (χ2v) is 12.6. The van der Waals surface area contributed by atoms with Gasteiger partial charge < -0.3 is 5.32 Å². The lowest BCUT2D eigenvalue weighted by atomic mass is 9.87. The largest absolute Gasteiger partial charge is 0.324 e. The zero-order chi connectivity index (χ0) is 34.7. The maximum Gasteiger partial charge on any atom is 0.169 e. The molecule has 2 aromatic heterocycles. The highest BCUT2D eigenvalue weighted by atomic mass is 15.2. The van der Waals surface area contributed by atoms with Gasteiger partial charge in [0.15, 0.2) is 6.17 Å². The van der Waals surface area contributed by atoms with Crippen LogP contribution in [0.3, 0.4) is 0 Å². The average molecular weight is 666 g/mol. The summed E-state index contributed by atoms with van der Waals surface area (Å²) >= 11 is 0. The quantitative estimate of drug-likeness (QED) is 0.184. The Morgan fingerprint density at radius 1 is 0.481 bits per heavy atom. The van der Waals surface area contributed by atoms with E-state index < -0.39 is 6.17 Å². The molecule has 6 aromatic carbocycles. The Balaban J connectivity index is 1.23. The van der Waals surface area contributed by atoms with Crippen LogP contribution in [0.4, 0.5) is 0 Å². The molecule has 0 saturated heterocycles. The van der Waals surface area contributed by atoms with Gasteiger partial charge in [-0.05, 0) is 105 Å². The number of hydrogen-bond donors (Lipinski definition) is 1. The highest BCUT2D eigenvalue weighted by Crippen LogP contribution is 2.41. The van der Waals surface area contributed by atoms with Gasteiger partial charge in [-0.1, -0.05) is 109 Å². The van der Waals surface area contributed by atoms with Crippen LogP contribution in [0.2, 0.25) is 0 Å². The molecule has 1 N–H and O–H groups in total. The fourth-order valence-corrected chi connectivity index (χ4v) is 6.81. The van der Waals surface area contributed by atoms with E-state index in [4.69, 9.17) is 20.0 Å². The number of hydrogen-bond acceptors (Lipinski definition) is 5. The summed E-state index contributed by atoms with van der Waals surface area (Å²) in [5, 5.41) is 5.81. The van der Waals surface area contributed by atoms with Crippen molar-refractivity contribution < 1.29 is 0 Å². The van der Waals surface area contributed by atoms with Crippen molar-refractivity contribution in [3.05, 3.63) is 205 Å². The predicted molar refractivity (Wildman–Crippen MR) is 211 cm³/mol. The van der Waals surface area contributed by atoms with E-state index in [0.29, 0.717) is 0 Å². The second kappa shape index (κ2) is 13.6. The lowest BCUT2D eigenvalue weighted by Gasteiger charge is -2.23. The fraction of sp³-hybridized carbons (Fsp3) is 0.0213. The standard InChI is InChI=1S/C47H31N5/c1-3-15-33(16-4-1)45-50-46(34-17-5-2-6-18-34)52-47(51-45)36-20-13-19-35(28-36)44-40-21-8-7-14-32(40)24-25-41(44)37-29-38(42-22-9-11-26-48-42)31-39(30-37)43-23-10-12-27-49-43/h1,3-5,7-31,47H,(H,50,51,52)/t47-/m0/s1. The van der Waals surface area contributed by atoms with E-state index in [1.54, 1.807) is 0 Å². The Hall–Kier alpha value is -7.16. The van der Waals surface area contributed by atoms with Gasteiger partial charge in [-0.25, -0.2) is 9.98 Å². The van der Waals surface area contributed by atoms with Gasteiger partial charge in [0, 0.05) is 34.6 Å². The third kappa shape index (κ3) is 6.10. The number of rotatable bonds is 7. The van der Waals surface area contributed by atoms with E-state index in [2.05, 4.69) is 121 Å². The Bertz CT molecular complexity index is 2470. The number of benzene rings is 5. The number of nitrogens with zero attached hydrogens (tertiary/aromatic N) is 4.